The Hall–Kier alpha value is -2.19. The average Bonchev–Trinajstić information content (AvgIpc) is 3.01. The van der Waals surface area contributed by atoms with Crippen LogP contribution in [0.15, 0.2) is 58.2 Å². The fourth-order valence-electron chi connectivity index (χ4n) is 2.12. The summed E-state index contributed by atoms with van der Waals surface area (Å²) in [5.74, 6) is 0.638. The zero-order valence-electron chi connectivity index (χ0n) is 12.8. The fourth-order valence-corrected chi connectivity index (χ4v) is 3.40. The van der Waals surface area contributed by atoms with Crippen LogP contribution < -0.4 is 5.32 Å². The van der Waals surface area contributed by atoms with Crippen molar-refractivity contribution in [3.8, 4) is 5.69 Å². The van der Waals surface area contributed by atoms with Crippen molar-refractivity contribution in [3.05, 3.63) is 58.6 Å². The fraction of sp³-hybridized carbons (Fsp3) is 0.125. The van der Waals surface area contributed by atoms with Crippen LogP contribution in [0.3, 0.4) is 0 Å². The van der Waals surface area contributed by atoms with Crippen molar-refractivity contribution in [2.45, 2.75) is 17.8 Å². The maximum Gasteiger partial charge on any atom is 0.221 e. The van der Waals surface area contributed by atoms with Crippen LogP contribution in [-0.2, 0) is 10.5 Å². The lowest BCUT2D eigenvalue weighted by molar-refractivity contribution is -0.114. The molecule has 3 aromatic rings. The number of rotatable bonds is 5. The number of amides is 1. The smallest absolute Gasteiger partial charge is 0.221 e. The van der Waals surface area contributed by atoms with Crippen LogP contribution in [0.2, 0.25) is 0 Å². The molecule has 1 N–H and O–H groups in total. The second-order valence-electron chi connectivity index (χ2n) is 5.02. The monoisotopic (exact) mass is 403 g/mol. The molecule has 6 nitrogen and oxygen atoms in total. The summed E-state index contributed by atoms with van der Waals surface area (Å²) in [4.78, 5) is 11.2. The minimum atomic E-state index is -0.117. The van der Waals surface area contributed by atoms with Gasteiger partial charge in [0.1, 0.15) is 0 Å². The Morgan fingerprint density at radius 2 is 2.08 bits per heavy atom. The largest absolute Gasteiger partial charge is 0.326 e. The molecule has 0 spiro atoms. The van der Waals surface area contributed by atoms with Crippen LogP contribution in [0.4, 0.5) is 5.69 Å². The van der Waals surface area contributed by atoms with E-state index >= 15 is 0 Å². The van der Waals surface area contributed by atoms with E-state index < -0.39 is 0 Å². The number of carbonyl (C=O) groups excluding carboxylic acids is 1. The molecule has 0 saturated heterocycles. The quantitative estimate of drug-likeness (QED) is 0.657. The molecule has 3 rings (SSSR count). The molecule has 2 aromatic carbocycles. The van der Waals surface area contributed by atoms with Gasteiger partial charge in [0.2, 0.25) is 11.1 Å². The molecule has 24 heavy (non-hydrogen) atoms. The number of hydrogen-bond donors (Lipinski definition) is 1. The summed E-state index contributed by atoms with van der Waals surface area (Å²) < 4.78 is 2.71. The van der Waals surface area contributed by atoms with Gasteiger partial charge in [-0.1, -0.05) is 45.9 Å². The van der Waals surface area contributed by atoms with Gasteiger partial charge in [-0.05, 0) is 46.3 Å². The number of halogens is 1. The molecule has 1 aromatic heterocycles. The second-order valence-corrected chi connectivity index (χ2v) is 6.88. The molecule has 0 atom stereocenters. The standard InChI is InChI=1S/C16H14BrN5OS/c1-11(23)18-14-6-3-7-15(9-14)22-16(19-20-21-22)24-10-12-4-2-5-13(17)8-12/h2-9H,10H2,1H3,(H,18,23). The van der Waals surface area contributed by atoms with Gasteiger partial charge < -0.3 is 5.32 Å². The third-order valence-corrected chi connectivity index (χ3v) is 4.59. The van der Waals surface area contributed by atoms with Gasteiger partial charge in [-0.2, -0.15) is 4.68 Å². The number of tetrazole rings is 1. The van der Waals surface area contributed by atoms with Crippen LogP contribution in [0.5, 0.6) is 0 Å². The lowest BCUT2D eigenvalue weighted by Crippen LogP contribution is -2.07. The first kappa shape index (κ1) is 16.7. The average molecular weight is 404 g/mol. The van der Waals surface area contributed by atoms with Crippen LogP contribution in [0.25, 0.3) is 5.69 Å². The highest BCUT2D eigenvalue weighted by molar-refractivity contribution is 9.10. The van der Waals surface area contributed by atoms with E-state index in [-0.39, 0.29) is 5.91 Å². The molecule has 0 bridgehead atoms. The Morgan fingerprint density at radius 1 is 1.25 bits per heavy atom. The number of carbonyl (C=O) groups is 1. The molecular weight excluding hydrogens is 390 g/mol. The van der Waals surface area contributed by atoms with E-state index in [1.165, 1.54) is 12.5 Å². The van der Waals surface area contributed by atoms with Crippen molar-refractivity contribution in [2.75, 3.05) is 5.32 Å². The summed E-state index contributed by atoms with van der Waals surface area (Å²) in [5.41, 5.74) is 2.68. The molecule has 0 aliphatic carbocycles. The Labute approximate surface area is 151 Å². The van der Waals surface area contributed by atoms with E-state index in [9.17, 15) is 4.79 Å². The van der Waals surface area contributed by atoms with Crippen molar-refractivity contribution < 1.29 is 4.79 Å². The summed E-state index contributed by atoms with van der Waals surface area (Å²) in [6, 6.07) is 15.5. The lowest BCUT2D eigenvalue weighted by Gasteiger charge is -2.07. The highest BCUT2D eigenvalue weighted by atomic mass is 79.9. The topological polar surface area (TPSA) is 72.7 Å². The van der Waals surface area contributed by atoms with E-state index in [1.54, 1.807) is 16.4 Å². The molecule has 1 amide bonds. The van der Waals surface area contributed by atoms with Gasteiger partial charge in [0, 0.05) is 22.8 Å². The molecular formula is C16H14BrN5OS. The van der Waals surface area contributed by atoms with Gasteiger partial charge in [-0.15, -0.1) is 5.10 Å². The Balaban J connectivity index is 1.79. The number of aromatic nitrogens is 4. The normalized spacial score (nSPS) is 10.6. The minimum absolute atomic E-state index is 0.117. The number of thioether (sulfide) groups is 1. The molecule has 0 unspecified atom stereocenters. The third-order valence-electron chi connectivity index (χ3n) is 3.11. The first-order valence-electron chi connectivity index (χ1n) is 7.15. The molecule has 0 radical (unpaired) electrons. The van der Waals surface area contributed by atoms with Crippen LogP contribution >= 0.6 is 27.7 Å². The maximum absolute atomic E-state index is 11.2. The Morgan fingerprint density at radius 3 is 2.88 bits per heavy atom. The van der Waals surface area contributed by atoms with Crippen LogP contribution in [0, 0.1) is 0 Å². The van der Waals surface area contributed by atoms with Crippen LogP contribution in [-0.4, -0.2) is 26.1 Å². The number of nitrogens with zero attached hydrogens (tertiary/aromatic N) is 4. The molecule has 8 heteroatoms. The highest BCUT2D eigenvalue weighted by Gasteiger charge is 2.10. The molecule has 122 valence electrons. The highest BCUT2D eigenvalue weighted by Crippen LogP contribution is 2.24. The van der Waals surface area contributed by atoms with Gasteiger partial charge in [0.25, 0.3) is 0 Å². The molecule has 1 heterocycles. The zero-order chi connectivity index (χ0) is 16.9. The molecule has 0 saturated carbocycles. The molecule has 0 aliphatic heterocycles. The predicted octanol–water partition coefficient (Wildman–Crippen LogP) is 3.68. The minimum Gasteiger partial charge on any atom is -0.326 e. The predicted molar refractivity (Wildman–Crippen MR) is 97.2 cm³/mol. The second kappa shape index (κ2) is 7.59. The lowest BCUT2D eigenvalue weighted by atomic mass is 10.2. The van der Waals surface area contributed by atoms with Crippen molar-refractivity contribution >= 4 is 39.3 Å². The summed E-state index contributed by atoms with van der Waals surface area (Å²) in [5, 5.41) is 15.3. The van der Waals surface area contributed by atoms with Gasteiger partial charge in [0.05, 0.1) is 5.69 Å². The summed E-state index contributed by atoms with van der Waals surface area (Å²) in [6.07, 6.45) is 0. The first-order chi connectivity index (χ1) is 11.6. The molecule has 0 aliphatic rings. The summed E-state index contributed by atoms with van der Waals surface area (Å²) in [7, 11) is 0. The number of anilines is 1. The van der Waals surface area contributed by atoms with E-state index in [1.807, 2.05) is 36.4 Å². The van der Waals surface area contributed by atoms with E-state index in [0.29, 0.717) is 10.8 Å². The Kier molecular flexibility index (Phi) is 5.27. The summed E-state index contributed by atoms with van der Waals surface area (Å²) in [6.45, 7) is 1.48. The van der Waals surface area contributed by atoms with E-state index in [4.69, 9.17) is 0 Å². The first-order valence-corrected chi connectivity index (χ1v) is 8.93. The third kappa shape index (κ3) is 4.21. The van der Waals surface area contributed by atoms with Crippen molar-refractivity contribution in [2.24, 2.45) is 0 Å². The van der Waals surface area contributed by atoms with Gasteiger partial charge >= 0.3 is 0 Å². The number of hydrogen-bond acceptors (Lipinski definition) is 5. The van der Waals surface area contributed by atoms with E-state index in [0.717, 1.165) is 15.9 Å². The van der Waals surface area contributed by atoms with Crippen LogP contribution in [0.1, 0.15) is 12.5 Å². The number of benzene rings is 2. The van der Waals surface area contributed by atoms with Crippen molar-refractivity contribution in [1.29, 1.82) is 0 Å². The van der Waals surface area contributed by atoms with Crippen molar-refractivity contribution in [3.63, 3.8) is 0 Å². The molecule has 0 fully saturated rings. The SMILES string of the molecule is CC(=O)Nc1cccc(-n2nnnc2SCc2cccc(Br)c2)c1. The zero-order valence-corrected chi connectivity index (χ0v) is 15.2. The van der Waals surface area contributed by atoms with Gasteiger partial charge in [-0.3, -0.25) is 4.79 Å². The van der Waals surface area contributed by atoms with E-state index in [2.05, 4.69) is 48.9 Å². The van der Waals surface area contributed by atoms with Crippen molar-refractivity contribution in [1.82, 2.24) is 20.2 Å². The summed E-state index contributed by atoms with van der Waals surface area (Å²) >= 11 is 5.02. The van der Waals surface area contributed by atoms with Gasteiger partial charge in [0.15, 0.2) is 0 Å². The van der Waals surface area contributed by atoms with Gasteiger partial charge in [-0.25, -0.2) is 0 Å². The number of nitrogens with one attached hydrogen (secondary N) is 1. The maximum atomic E-state index is 11.2. The Bertz CT molecular complexity index is 867.